The normalized spacial score (nSPS) is 31.0. The minimum Gasteiger partial charge on any atom is -0.396 e. The fraction of sp³-hybridized carbons (Fsp3) is 0.500. The molecule has 128 valence electrons. The van der Waals surface area contributed by atoms with Gasteiger partial charge in [-0.05, 0) is 24.4 Å². The van der Waals surface area contributed by atoms with E-state index in [0.29, 0.717) is 5.52 Å². The van der Waals surface area contributed by atoms with Crippen molar-refractivity contribution in [3.63, 3.8) is 0 Å². The number of nitrogens with zero attached hydrogens (tertiary/aromatic N) is 4. The zero-order valence-electron chi connectivity index (χ0n) is 12.6. The van der Waals surface area contributed by atoms with Crippen LogP contribution in [0.15, 0.2) is 12.5 Å². The molecule has 24 heavy (non-hydrogen) atoms. The summed E-state index contributed by atoms with van der Waals surface area (Å²) in [6, 6.07) is 0. The summed E-state index contributed by atoms with van der Waals surface area (Å²) >= 11 is 5.42. The third-order valence-corrected chi connectivity index (χ3v) is 4.17. The van der Waals surface area contributed by atoms with Crippen molar-refractivity contribution >= 4 is 28.7 Å². The van der Waals surface area contributed by atoms with E-state index in [9.17, 15) is 10.2 Å². The van der Waals surface area contributed by atoms with E-state index in [2.05, 4.69) is 20.9 Å². The molecule has 1 saturated heterocycles. The SMILES string of the molecule is C[C@@H](O)[C@H]1O[C@@H](n2cnc3cnc(N)nc32)C(F)(C#CCl)C1CO. The zero-order valence-corrected chi connectivity index (χ0v) is 13.4. The van der Waals surface area contributed by atoms with Gasteiger partial charge >= 0.3 is 0 Å². The molecular formula is C14H15ClFN5O3. The number of aliphatic hydroxyl groups excluding tert-OH is 2. The number of alkyl halides is 1. The fourth-order valence-electron chi connectivity index (χ4n) is 2.96. The van der Waals surface area contributed by atoms with Crippen molar-refractivity contribution in [2.75, 3.05) is 12.3 Å². The van der Waals surface area contributed by atoms with E-state index in [1.807, 2.05) is 5.38 Å². The Hall–Kier alpha value is -1.99. The first kappa shape index (κ1) is 16.9. The number of fused-ring (bicyclic) bond motifs is 1. The molecule has 0 aromatic carbocycles. The van der Waals surface area contributed by atoms with Crippen LogP contribution in [-0.2, 0) is 4.74 Å². The molecule has 0 spiro atoms. The van der Waals surface area contributed by atoms with Crippen molar-refractivity contribution < 1.29 is 19.3 Å². The van der Waals surface area contributed by atoms with Gasteiger partial charge in [-0.15, -0.1) is 0 Å². The number of rotatable bonds is 3. The Morgan fingerprint density at radius 2 is 2.33 bits per heavy atom. The van der Waals surface area contributed by atoms with Crippen LogP contribution in [0.3, 0.4) is 0 Å². The first-order valence-electron chi connectivity index (χ1n) is 7.13. The fourth-order valence-corrected chi connectivity index (χ4v) is 3.10. The van der Waals surface area contributed by atoms with E-state index in [1.165, 1.54) is 24.0 Å². The van der Waals surface area contributed by atoms with Crippen molar-refractivity contribution in [3.8, 4) is 11.3 Å². The molecule has 0 amide bonds. The highest BCUT2D eigenvalue weighted by Gasteiger charge is 2.59. The van der Waals surface area contributed by atoms with E-state index in [0.717, 1.165) is 0 Å². The van der Waals surface area contributed by atoms with E-state index >= 15 is 4.39 Å². The van der Waals surface area contributed by atoms with Crippen LogP contribution in [0, 0.1) is 17.2 Å². The minimum atomic E-state index is -2.36. The summed E-state index contributed by atoms with van der Waals surface area (Å²) in [7, 11) is 0. The zero-order chi connectivity index (χ0) is 17.5. The van der Waals surface area contributed by atoms with Crippen molar-refractivity contribution in [3.05, 3.63) is 12.5 Å². The van der Waals surface area contributed by atoms with Crippen LogP contribution >= 0.6 is 11.6 Å². The summed E-state index contributed by atoms with van der Waals surface area (Å²) in [6.07, 6.45) is -0.633. The van der Waals surface area contributed by atoms with Gasteiger partial charge in [-0.25, -0.2) is 14.4 Å². The highest BCUT2D eigenvalue weighted by Crippen LogP contribution is 2.47. The first-order valence-corrected chi connectivity index (χ1v) is 7.51. The number of hydrogen-bond donors (Lipinski definition) is 3. The Morgan fingerprint density at radius 1 is 1.58 bits per heavy atom. The molecule has 3 rings (SSSR count). The van der Waals surface area contributed by atoms with Crippen LogP contribution in [0.2, 0.25) is 0 Å². The monoisotopic (exact) mass is 355 g/mol. The Morgan fingerprint density at radius 3 is 2.96 bits per heavy atom. The Kier molecular flexibility index (Phi) is 4.31. The second-order valence-corrected chi connectivity index (χ2v) is 5.75. The molecule has 0 bridgehead atoms. The molecule has 2 aromatic heterocycles. The number of halogens is 2. The molecule has 2 aromatic rings. The Balaban J connectivity index is 2.16. The molecule has 5 atom stereocenters. The number of aliphatic hydroxyl groups is 2. The first-order chi connectivity index (χ1) is 11.4. The molecule has 0 radical (unpaired) electrons. The van der Waals surface area contributed by atoms with Crippen LogP contribution in [0.1, 0.15) is 13.2 Å². The number of nitrogen functional groups attached to an aromatic ring is 1. The average molecular weight is 356 g/mol. The van der Waals surface area contributed by atoms with Gasteiger partial charge in [0.1, 0.15) is 5.52 Å². The van der Waals surface area contributed by atoms with Crippen molar-refractivity contribution in [2.45, 2.75) is 31.0 Å². The van der Waals surface area contributed by atoms with Crippen LogP contribution in [0.25, 0.3) is 11.2 Å². The van der Waals surface area contributed by atoms with E-state index < -0.39 is 36.6 Å². The summed E-state index contributed by atoms with van der Waals surface area (Å²) in [6.45, 7) is 0.855. The molecule has 8 nitrogen and oxygen atoms in total. The van der Waals surface area contributed by atoms with Gasteiger partial charge < -0.3 is 20.7 Å². The molecule has 1 fully saturated rings. The Bertz CT molecular complexity index is 820. The summed E-state index contributed by atoms with van der Waals surface area (Å²) in [5.41, 5.74) is 3.85. The van der Waals surface area contributed by atoms with Gasteiger partial charge in [0.2, 0.25) is 11.6 Å². The molecule has 0 saturated carbocycles. The second kappa shape index (κ2) is 6.14. The second-order valence-electron chi connectivity index (χ2n) is 5.56. The Labute approximate surface area is 141 Å². The number of aromatic nitrogens is 4. The van der Waals surface area contributed by atoms with Gasteiger partial charge in [-0.2, -0.15) is 4.98 Å². The third kappa shape index (κ3) is 2.48. The largest absolute Gasteiger partial charge is 0.396 e. The van der Waals surface area contributed by atoms with Crippen molar-refractivity contribution in [2.24, 2.45) is 5.92 Å². The minimum absolute atomic E-state index is 0.0130. The molecule has 3 heterocycles. The van der Waals surface area contributed by atoms with Crippen LogP contribution in [-0.4, -0.2) is 54.2 Å². The molecule has 10 heteroatoms. The highest BCUT2D eigenvalue weighted by molar-refractivity contribution is 6.30. The maximum absolute atomic E-state index is 15.7. The molecule has 0 aliphatic carbocycles. The molecular weight excluding hydrogens is 341 g/mol. The number of ether oxygens (including phenoxy) is 1. The van der Waals surface area contributed by atoms with Gasteiger partial charge in [-0.1, -0.05) is 0 Å². The lowest BCUT2D eigenvalue weighted by Gasteiger charge is -2.25. The van der Waals surface area contributed by atoms with Crippen LogP contribution < -0.4 is 5.73 Å². The van der Waals surface area contributed by atoms with E-state index in [4.69, 9.17) is 22.1 Å². The van der Waals surface area contributed by atoms with Gasteiger partial charge in [-0.3, -0.25) is 4.57 Å². The smallest absolute Gasteiger partial charge is 0.224 e. The number of nitrogens with two attached hydrogens (primary N) is 1. The number of anilines is 1. The molecule has 1 aliphatic rings. The predicted molar refractivity (Wildman–Crippen MR) is 83.4 cm³/mol. The van der Waals surface area contributed by atoms with Crippen molar-refractivity contribution in [1.29, 1.82) is 0 Å². The maximum Gasteiger partial charge on any atom is 0.224 e. The quantitative estimate of drug-likeness (QED) is 0.673. The van der Waals surface area contributed by atoms with Gasteiger partial charge in [0.05, 0.1) is 37.3 Å². The van der Waals surface area contributed by atoms with Crippen molar-refractivity contribution in [1.82, 2.24) is 19.5 Å². The standard InChI is InChI=1S/C14H15ClFN5O3/c1-7(23)10-8(5-22)14(16,2-3-15)12(24-10)21-6-19-9-4-18-13(17)20-11(9)21/h4,6-8,10,12,22-23H,5H2,1H3,(H2,17,18,20)/t7-,8?,10-,12-,14?/m1/s1. The molecule has 4 N–H and O–H groups in total. The lowest BCUT2D eigenvalue weighted by atomic mass is 9.85. The highest BCUT2D eigenvalue weighted by atomic mass is 35.5. The maximum atomic E-state index is 15.7. The average Bonchev–Trinajstić information content (AvgIpc) is 3.05. The number of hydrogen-bond acceptors (Lipinski definition) is 7. The summed E-state index contributed by atoms with van der Waals surface area (Å²) in [5.74, 6) is 1.13. The van der Waals surface area contributed by atoms with E-state index in [1.54, 1.807) is 0 Å². The number of imidazole rings is 1. The van der Waals surface area contributed by atoms with Crippen LogP contribution in [0.5, 0.6) is 0 Å². The predicted octanol–water partition coefficient (Wildman–Crippen LogP) is 0.203. The van der Waals surface area contributed by atoms with Gasteiger partial charge in [0.25, 0.3) is 0 Å². The molecule has 2 unspecified atom stereocenters. The summed E-state index contributed by atoms with van der Waals surface area (Å²) < 4.78 is 22.6. The van der Waals surface area contributed by atoms with Gasteiger partial charge in [0, 0.05) is 5.38 Å². The lowest BCUT2D eigenvalue weighted by Crippen LogP contribution is -2.41. The topological polar surface area (TPSA) is 119 Å². The van der Waals surface area contributed by atoms with E-state index in [-0.39, 0.29) is 11.6 Å². The van der Waals surface area contributed by atoms with Gasteiger partial charge in [0.15, 0.2) is 11.9 Å². The third-order valence-electron chi connectivity index (χ3n) is 4.08. The molecule has 1 aliphatic heterocycles. The summed E-state index contributed by atoms with van der Waals surface area (Å²) in [5, 5.41) is 21.5. The van der Waals surface area contributed by atoms with Crippen LogP contribution in [0.4, 0.5) is 10.3 Å². The lowest BCUT2D eigenvalue weighted by molar-refractivity contribution is -0.0731. The summed E-state index contributed by atoms with van der Waals surface area (Å²) in [4.78, 5) is 11.9.